The van der Waals surface area contributed by atoms with Gasteiger partial charge in [-0.2, -0.15) is 4.99 Å². The maximum Gasteiger partial charge on any atom is 0.282 e. The smallest absolute Gasteiger partial charge is 0.282 e. The predicted molar refractivity (Wildman–Crippen MR) is 58.3 cm³/mol. The molecule has 3 nitrogen and oxygen atoms in total. The van der Waals surface area contributed by atoms with Crippen molar-refractivity contribution in [3.05, 3.63) is 34.6 Å². The summed E-state index contributed by atoms with van der Waals surface area (Å²) in [4.78, 5) is 24.6. The number of rotatable bonds is 3. The van der Waals surface area contributed by atoms with Crippen molar-refractivity contribution < 1.29 is 14.0 Å². The van der Waals surface area contributed by atoms with Gasteiger partial charge in [-0.3, -0.25) is 4.79 Å². The van der Waals surface area contributed by atoms with Crippen molar-refractivity contribution in [3.63, 3.8) is 0 Å². The molecule has 7 heteroatoms. The Morgan fingerprint density at radius 1 is 1.44 bits per heavy atom. The van der Waals surface area contributed by atoms with Gasteiger partial charge in [-0.1, -0.05) is 34.8 Å². The number of Topliss-reactive ketones (excluding diaryl/α,β-unsaturated/α-hetero) is 1. The molecule has 0 aliphatic rings. The van der Waals surface area contributed by atoms with E-state index in [4.69, 9.17) is 34.8 Å². The van der Waals surface area contributed by atoms with Gasteiger partial charge in [0.2, 0.25) is 11.9 Å². The Bertz CT molecular complexity index is 484. The number of hydrogen-bond donors (Lipinski definition) is 0. The average Bonchev–Trinajstić information content (AvgIpc) is 2.16. The fraction of sp³-hybridized carbons (Fsp3) is 0.111. The van der Waals surface area contributed by atoms with Gasteiger partial charge in [0.25, 0.3) is 4.46 Å². The van der Waals surface area contributed by atoms with E-state index < -0.39 is 16.1 Å². The number of carbonyl (C=O) groups excluding carboxylic acids is 2. The summed E-state index contributed by atoms with van der Waals surface area (Å²) in [5.74, 6) is -1.54. The van der Waals surface area contributed by atoms with E-state index in [0.29, 0.717) is 0 Å². The molecular weight excluding hydrogens is 279 g/mol. The summed E-state index contributed by atoms with van der Waals surface area (Å²) in [5, 5.41) is -0.170. The summed E-state index contributed by atoms with van der Waals surface area (Å²) < 4.78 is 10.4. The maximum absolute atomic E-state index is 12.7. The normalized spacial score (nSPS) is 10.8. The Balaban J connectivity index is 3.20. The molecule has 84 valence electrons. The van der Waals surface area contributed by atoms with E-state index in [0.717, 1.165) is 24.3 Å². The first-order valence-electron chi connectivity index (χ1n) is 3.85. The van der Waals surface area contributed by atoms with Crippen LogP contribution in [0.4, 0.5) is 4.39 Å². The maximum atomic E-state index is 12.7. The SMILES string of the molecule is O=C=NC(Cl)(Cl)C(=O)c1ccc(F)cc1Cl. The highest BCUT2D eigenvalue weighted by Crippen LogP contribution is 2.30. The van der Waals surface area contributed by atoms with Crippen LogP contribution in [-0.2, 0) is 4.79 Å². The van der Waals surface area contributed by atoms with Crippen LogP contribution in [0.2, 0.25) is 5.02 Å². The van der Waals surface area contributed by atoms with Crippen LogP contribution in [0.1, 0.15) is 10.4 Å². The molecule has 0 aliphatic carbocycles. The molecule has 0 saturated heterocycles. The summed E-state index contributed by atoms with van der Waals surface area (Å²) in [6.45, 7) is 0. The first kappa shape index (κ1) is 13.1. The molecule has 0 atom stereocenters. The lowest BCUT2D eigenvalue weighted by Crippen LogP contribution is -2.23. The molecule has 0 radical (unpaired) electrons. The van der Waals surface area contributed by atoms with Gasteiger partial charge in [-0.05, 0) is 18.2 Å². The predicted octanol–water partition coefficient (Wildman–Crippen LogP) is 3.13. The number of hydrogen-bond acceptors (Lipinski definition) is 3. The van der Waals surface area contributed by atoms with Crippen LogP contribution in [0.3, 0.4) is 0 Å². The van der Waals surface area contributed by atoms with Gasteiger partial charge >= 0.3 is 0 Å². The molecule has 0 heterocycles. The van der Waals surface area contributed by atoms with E-state index in [-0.39, 0.29) is 10.6 Å². The second kappa shape index (κ2) is 4.93. The molecule has 0 N–H and O–H groups in total. The van der Waals surface area contributed by atoms with E-state index >= 15 is 0 Å². The minimum Gasteiger partial charge on any atom is -0.288 e. The molecule has 1 aromatic rings. The number of ketones is 1. The lowest BCUT2D eigenvalue weighted by Gasteiger charge is -2.11. The second-order valence-corrected chi connectivity index (χ2v) is 4.39. The van der Waals surface area contributed by atoms with Crippen LogP contribution in [0, 0.1) is 5.82 Å². The van der Waals surface area contributed by atoms with Crippen LogP contribution in [0.15, 0.2) is 23.2 Å². The second-order valence-electron chi connectivity index (χ2n) is 2.70. The van der Waals surface area contributed by atoms with Gasteiger partial charge in [0.05, 0.1) is 5.02 Å². The lowest BCUT2D eigenvalue weighted by molar-refractivity contribution is 0.0975. The zero-order valence-electron chi connectivity index (χ0n) is 7.51. The lowest BCUT2D eigenvalue weighted by atomic mass is 10.1. The molecule has 0 unspecified atom stereocenters. The summed E-state index contributed by atoms with van der Waals surface area (Å²) in [6.07, 6.45) is 1.06. The third kappa shape index (κ3) is 2.80. The molecule has 0 aliphatic heterocycles. The Labute approximate surface area is 105 Å². The van der Waals surface area contributed by atoms with Crippen molar-refractivity contribution in [2.45, 2.75) is 4.46 Å². The summed E-state index contributed by atoms with van der Waals surface area (Å²) in [5.41, 5.74) is -0.132. The van der Waals surface area contributed by atoms with Gasteiger partial charge < -0.3 is 0 Å². The average molecular weight is 282 g/mol. The van der Waals surface area contributed by atoms with Crippen LogP contribution in [0.25, 0.3) is 0 Å². The molecule has 0 spiro atoms. The minimum absolute atomic E-state index is 0.132. The first-order valence-corrected chi connectivity index (χ1v) is 4.98. The Kier molecular flexibility index (Phi) is 4.05. The van der Waals surface area contributed by atoms with Crippen molar-refractivity contribution in [1.82, 2.24) is 0 Å². The quantitative estimate of drug-likeness (QED) is 0.281. The van der Waals surface area contributed by atoms with Gasteiger partial charge in [-0.25, -0.2) is 9.18 Å². The van der Waals surface area contributed by atoms with E-state index in [2.05, 4.69) is 4.99 Å². The van der Waals surface area contributed by atoms with Gasteiger partial charge in [0.15, 0.2) is 0 Å². The highest BCUT2D eigenvalue weighted by Gasteiger charge is 2.35. The number of isocyanates is 1. The summed E-state index contributed by atoms with van der Waals surface area (Å²) in [7, 11) is 0. The minimum atomic E-state index is -2.30. The van der Waals surface area contributed by atoms with Gasteiger partial charge in [0.1, 0.15) is 5.82 Å². The molecule has 0 bridgehead atoms. The van der Waals surface area contributed by atoms with Crippen LogP contribution in [-0.4, -0.2) is 16.3 Å². The molecule has 0 aromatic heterocycles. The zero-order valence-corrected chi connectivity index (χ0v) is 9.78. The van der Waals surface area contributed by atoms with Crippen molar-refractivity contribution in [1.29, 1.82) is 0 Å². The van der Waals surface area contributed by atoms with Crippen LogP contribution < -0.4 is 0 Å². The van der Waals surface area contributed by atoms with E-state index in [1.54, 1.807) is 0 Å². The topological polar surface area (TPSA) is 46.5 Å². The Hall–Kier alpha value is -0.930. The van der Waals surface area contributed by atoms with E-state index in [9.17, 15) is 14.0 Å². The molecule has 0 amide bonds. The zero-order chi connectivity index (χ0) is 12.3. The largest absolute Gasteiger partial charge is 0.288 e. The highest BCUT2D eigenvalue weighted by molar-refractivity contribution is 6.60. The number of alkyl halides is 2. The molecule has 0 fully saturated rings. The monoisotopic (exact) mass is 281 g/mol. The Morgan fingerprint density at radius 3 is 2.56 bits per heavy atom. The number of benzene rings is 1. The standard InChI is InChI=1S/C9H3Cl3FNO2/c10-7-3-5(13)1-2-6(7)8(16)9(11,12)14-4-15/h1-3H. The number of carbonyl (C=O) groups is 1. The van der Waals surface area contributed by atoms with E-state index in [1.807, 2.05) is 0 Å². The number of nitrogens with zero attached hydrogens (tertiary/aromatic N) is 1. The fourth-order valence-corrected chi connectivity index (χ4v) is 1.47. The van der Waals surface area contributed by atoms with Gasteiger partial charge in [-0.15, -0.1) is 0 Å². The Morgan fingerprint density at radius 2 is 2.06 bits per heavy atom. The van der Waals surface area contributed by atoms with Crippen molar-refractivity contribution >= 4 is 46.7 Å². The van der Waals surface area contributed by atoms with Crippen LogP contribution in [0.5, 0.6) is 0 Å². The number of halogens is 4. The first-order chi connectivity index (χ1) is 7.38. The summed E-state index contributed by atoms with van der Waals surface area (Å²) in [6, 6.07) is 3.02. The van der Waals surface area contributed by atoms with Crippen molar-refractivity contribution in [2.75, 3.05) is 0 Å². The van der Waals surface area contributed by atoms with Crippen molar-refractivity contribution in [2.24, 2.45) is 4.99 Å². The third-order valence-electron chi connectivity index (χ3n) is 1.64. The molecule has 16 heavy (non-hydrogen) atoms. The molecule has 1 rings (SSSR count). The molecular formula is C9H3Cl3FNO2. The summed E-state index contributed by atoms with van der Waals surface area (Å²) >= 11 is 16.5. The highest BCUT2D eigenvalue weighted by atomic mass is 35.5. The van der Waals surface area contributed by atoms with Crippen LogP contribution >= 0.6 is 34.8 Å². The van der Waals surface area contributed by atoms with Gasteiger partial charge in [0, 0.05) is 5.56 Å². The molecule has 0 saturated carbocycles. The van der Waals surface area contributed by atoms with E-state index in [1.165, 1.54) is 0 Å². The third-order valence-corrected chi connectivity index (χ3v) is 2.46. The fourth-order valence-electron chi connectivity index (χ4n) is 0.944. The van der Waals surface area contributed by atoms with Crippen molar-refractivity contribution in [3.8, 4) is 0 Å². The number of aliphatic imine (C=N–C) groups is 1. The molecule has 1 aromatic carbocycles.